The van der Waals surface area contributed by atoms with Crippen LogP contribution in [-0.4, -0.2) is 62.6 Å². The van der Waals surface area contributed by atoms with E-state index in [0.29, 0.717) is 0 Å². The van der Waals surface area contributed by atoms with E-state index in [4.69, 9.17) is 11.5 Å². The Balaban J connectivity index is 1.76. The fourth-order valence-electron chi connectivity index (χ4n) is 4.03. The SMILES string of the molecule is CN(C)S(=O)(=O)c1ccc(C(=O)N2CCC(c3ccc(C(=O)N=C(N)N)cc3C(F)(F)F)CC2)cc1. The lowest BCUT2D eigenvalue weighted by molar-refractivity contribution is -0.138. The number of hydrogen-bond acceptors (Lipinski definition) is 4. The van der Waals surface area contributed by atoms with Gasteiger partial charge in [0.1, 0.15) is 0 Å². The fourth-order valence-corrected chi connectivity index (χ4v) is 4.93. The molecular formula is C23H26F3N5O4S. The van der Waals surface area contributed by atoms with Crippen LogP contribution in [0.15, 0.2) is 52.4 Å². The minimum atomic E-state index is -4.70. The molecule has 1 saturated heterocycles. The van der Waals surface area contributed by atoms with Gasteiger partial charge in [0.05, 0.1) is 10.5 Å². The third-order valence-electron chi connectivity index (χ3n) is 5.94. The highest BCUT2D eigenvalue weighted by Crippen LogP contribution is 2.39. The third-order valence-corrected chi connectivity index (χ3v) is 7.77. The topological polar surface area (TPSA) is 139 Å². The maximum Gasteiger partial charge on any atom is 0.416 e. The fraction of sp³-hybridized carbons (Fsp3) is 0.348. The van der Waals surface area contributed by atoms with Gasteiger partial charge in [-0.05, 0) is 60.7 Å². The Morgan fingerprint density at radius 1 is 1.00 bits per heavy atom. The number of nitrogens with two attached hydrogens (primary N) is 2. The molecule has 2 aromatic rings. The van der Waals surface area contributed by atoms with Crippen molar-refractivity contribution in [2.24, 2.45) is 16.5 Å². The number of carbonyl (C=O) groups is 2. The van der Waals surface area contributed by atoms with Crippen molar-refractivity contribution in [3.05, 3.63) is 64.7 Å². The average molecular weight is 526 g/mol. The van der Waals surface area contributed by atoms with Gasteiger partial charge in [0, 0.05) is 38.3 Å². The third kappa shape index (κ3) is 5.85. The molecule has 0 aromatic heterocycles. The molecule has 36 heavy (non-hydrogen) atoms. The van der Waals surface area contributed by atoms with Gasteiger partial charge >= 0.3 is 6.18 Å². The molecule has 1 aliphatic heterocycles. The summed E-state index contributed by atoms with van der Waals surface area (Å²) in [5, 5.41) is 0. The summed E-state index contributed by atoms with van der Waals surface area (Å²) in [6, 6.07) is 8.76. The van der Waals surface area contributed by atoms with Crippen molar-refractivity contribution < 1.29 is 31.2 Å². The summed E-state index contributed by atoms with van der Waals surface area (Å²) in [5.41, 5.74) is 9.38. The van der Waals surface area contributed by atoms with E-state index >= 15 is 0 Å². The number of sulfonamides is 1. The molecule has 1 heterocycles. The van der Waals surface area contributed by atoms with Gasteiger partial charge < -0.3 is 16.4 Å². The van der Waals surface area contributed by atoms with E-state index in [0.717, 1.165) is 10.4 Å². The summed E-state index contributed by atoms with van der Waals surface area (Å²) < 4.78 is 66.9. The zero-order valence-electron chi connectivity index (χ0n) is 19.6. The molecule has 2 amide bonds. The Morgan fingerprint density at radius 2 is 1.56 bits per heavy atom. The van der Waals surface area contributed by atoms with E-state index in [1.165, 1.54) is 55.4 Å². The molecule has 0 spiro atoms. The van der Waals surface area contributed by atoms with Gasteiger partial charge in [-0.2, -0.15) is 18.2 Å². The number of aliphatic imine (C=N–C) groups is 1. The van der Waals surface area contributed by atoms with E-state index in [1.807, 2.05) is 0 Å². The molecular weight excluding hydrogens is 499 g/mol. The summed E-state index contributed by atoms with van der Waals surface area (Å²) in [6.45, 7) is 0.431. The maximum absolute atomic E-state index is 13.8. The second-order valence-electron chi connectivity index (χ2n) is 8.52. The summed E-state index contributed by atoms with van der Waals surface area (Å²) in [5.74, 6) is -2.34. The highest BCUT2D eigenvalue weighted by Gasteiger charge is 2.37. The van der Waals surface area contributed by atoms with E-state index < -0.39 is 39.5 Å². The number of piperidine rings is 1. The van der Waals surface area contributed by atoms with Crippen LogP contribution in [0.1, 0.15) is 50.6 Å². The highest BCUT2D eigenvalue weighted by atomic mass is 32.2. The Labute approximate surface area is 206 Å². The Morgan fingerprint density at radius 3 is 2.06 bits per heavy atom. The number of alkyl halides is 3. The van der Waals surface area contributed by atoms with Crippen LogP contribution in [0.3, 0.4) is 0 Å². The smallest absolute Gasteiger partial charge is 0.370 e. The van der Waals surface area contributed by atoms with Crippen LogP contribution in [0.2, 0.25) is 0 Å². The normalized spacial score (nSPS) is 15.1. The number of carbonyl (C=O) groups excluding carboxylic acids is 2. The Hall–Kier alpha value is -3.45. The lowest BCUT2D eigenvalue weighted by Crippen LogP contribution is -2.38. The number of amides is 2. The maximum atomic E-state index is 13.8. The Kier molecular flexibility index (Phi) is 7.74. The van der Waals surface area contributed by atoms with Crippen LogP contribution in [0.5, 0.6) is 0 Å². The molecule has 0 aliphatic carbocycles. The molecule has 2 aromatic carbocycles. The first kappa shape index (κ1) is 27.1. The molecule has 1 fully saturated rings. The zero-order valence-corrected chi connectivity index (χ0v) is 20.4. The first-order valence-electron chi connectivity index (χ1n) is 10.9. The monoisotopic (exact) mass is 525 g/mol. The lowest BCUT2D eigenvalue weighted by Gasteiger charge is -2.33. The summed E-state index contributed by atoms with van der Waals surface area (Å²) in [4.78, 5) is 29.7. The molecule has 0 unspecified atom stereocenters. The van der Waals surface area contributed by atoms with Gasteiger partial charge in [0.15, 0.2) is 5.96 Å². The lowest BCUT2D eigenvalue weighted by atomic mass is 9.85. The van der Waals surface area contributed by atoms with E-state index in [1.54, 1.807) is 0 Å². The van der Waals surface area contributed by atoms with Gasteiger partial charge in [0.2, 0.25) is 10.0 Å². The minimum absolute atomic E-state index is 0.0362. The van der Waals surface area contributed by atoms with Crippen molar-refractivity contribution in [1.29, 1.82) is 0 Å². The second-order valence-corrected chi connectivity index (χ2v) is 10.7. The molecule has 0 atom stereocenters. The number of halogens is 3. The van der Waals surface area contributed by atoms with E-state index in [2.05, 4.69) is 4.99 Å². The first-order valence-corrected chi connectivity index (χ1v) is 12.3. The highest BCUT2D eigenvalue weighted by molar-refractivity contribution is 7.89. The largest absolute Gasteiger partial charge is 0.416 e. The number of guanidine groups is 1. The van der Waals surface area contributed by atoms with Crippen LogP contribution in [0, 0.1) is 0 Å². The molecule has 0 bridgehead atoms. The average Bonchev–Trinajstić information content (AvgIpc) is 2.82. The number of rotatable bonds is 5. The van der Waals surface area contributed by atoms with Crippen LogP contribution >= 0.6 is 0 Å². The summed E-state index contributed by atoms with van der Waals surface area (Å²) in [6.07, 6.45) is -4.14. The predicted molar refractivity (Wildman–Crippen MR) is 127 cm³/mol. The predicted octanol–water partition coefficient (Wildman–Crippen LogP) is 2.39. The minimum Gasteiger partial charge on any atom is -0.370 e. The van der Waals surface area contributed by atoms with Gasteiger partial charge in [-0.15, -0.1) is 0 Å². The molecule has 3 rings (SSSR count). The number of nitrogens with zero attached hydrogens (tertiary/aromatic N) is 3. The second kappa shape index (κ2) is 10.3. The van der Waals surface area contributed by atoms with Crippen molar-refractivity contribution in [2.45, 2.75) is 29.8 Å². The van der Waals surface area contributed by atoms with Gasteiger partial charge in [-0.3, -0.25) is 9.59 Å². The molecule has 1 aliphatic rings. The Bertz CT molecular complexity index is 1280. The molecule has 13 heteroatoms. The zero-order chi connectivity index (χ0) is 26.8. The van der Waals surface area contributed by atoms with E-state index in [9.17, 15) is 31.2 Å². The van der Waals surface area contributed by atoms with Crippen LogP contribution in [-0.2, 0) is 16.2 Å². The first-order chi connectivity index (χ1) is 16.7. The number of hydrogen-bond donors (Lipinski definition) is 2. The van der Waals surface area contributed by atoms with Gasteiger partial charge in [0.25, 0.3) is 11.8 Å². The molecule has 0 radical (unpaired) electrons. The van der Waals surface area contributed by atoms with Crippen molar-refractivity contribution in [3.8, 4) is 0 Å². The van der Waals surface area contributed by atoms with Gasteiger partial charge in [-0.1, -0.05) is 6.07 Å². The van der Waals surface area contributed by atoms with Crippen molar-refractivity contribution in [2.75, 3.05) is 27.2 Å². The van der Waals surface area contributed by atoms with Crippen molar-refractivity contribution in [3.63, 3.8) is 0 Å². The summed E-state index contributed by atoms with van der Waals surface area (Å²) >= 11 is 0. The molecule has 0 saturated carbocycles. The van der Waals surface area contributed by atoms with Crippen LogP contribution in [0.25, 0.3) is 0 Å². The van der Waals surface area contributed by atoms with Crippen molar-refractivity contribution >= 4 is 27.8 Å². The number of likely N-dealkylation sites (tertiary alicyclic amines) is 1. The van der Waals surface area contributed by atoms with Crippen LogP contribution in [0.4, 0.5) is 13.2 Å². The van der Waals surface area contributed by atoms with Crippen molar-refractivity contribution in [1.82, 2.24) is 9.21 Å². The summed E-state index contributed by atoms with van der Waals surface area (Å²) in [7, 11) is -0.835. The number of benzene rings is 2. The molecule has 9 nitrogen and oxygen atoms in total. The standard InChI is InChI=1S/C23H26F3N5O4S/c1-30(2)36(34,35)17-6-3-15(4-7-17)21(33)31-11-9-14(10-12-31)18-8-5-16(20(32)29-22(27)28)13-19(18)23(24,25)26/h3-8,13-14H,9-12H2,1-2H3,(H4,27,28,29,32). The molecule has 4 N–H and O–H groups in total. The van der Waals surface area contributed by atoms with Crippen LogP contribution < -0.4 is 11.5 Å². The quantitative estimate of drug-likeness (QED) is 0.454. The molecule has 194 valence electrons. The van der Waals surface area contributed by atoms with E-state index in [-0.39, 0.29) is 53.4 Å². The van der Waals surface area contributed by atoms with Gasteiger partial charge in [-0.25, -0.2) is 12.7 Å².